The zero-order valence-electron chi connectivity index (χ0n) is 23.8. The minimum Gasteiger partial charge on any atom is -0.0620 e. The van der Waals surface area contributed by atoms with Crippen LogP contribution in [0.2, 0.25) is 0 Å². The van der Waals surface area contributed by atoms with Gasteiger partial charge >= 0.3 is 0 Å². The van der Waals surface area contributed by atoms with Crippen LogP contribution in [0.25, 0.3) is 0 Å². The molecule has 0 atom stereocenters. The molecule has 0 N–H and O–H groups in total. The van der Waals surface area contributed by atoms with E-state index in [1.54, 1.807) is 0 Å². The van der Waals surface area contributed by atoms with Gasteiger partial charge in [0.2, 0.25) is 0 Å². The molecule has 2 heteroatoms. The SMILES string of the molecule is C(=C[P+](c1ccccc1)(c1ccccc1)c1ccccc1)CC[P+](c1ccccc1)(c1ccccc1)c1ccccc1. The third-order valence-corrected chi connectivity index (χ3v) is 16.5. The van der Waals surface area contributed by atoms with Crippen LogP contribution in [-0.2, 0) is 0 Å². The molecule has 0 saturated heterocycles. The number of hydrogen-bond donors (Lipinski definition) is 0. The van der Waals surface area contributed by atoms with E-state index >= 15 is 0 Å². The molecule has 0 saturated carbocycles. The average Bonchev–Trinajstić information content (AvgIpc) is 3.09. The summed E-state index contributed by atoms with van der Waals surface area (Å²) < 4.78 is 0. The van der Waals surface area contributed by atoms with Crippen LogP contribution >= 0.6 is 14.5 Å². The summed E-state index contributed by atoms with van der Waals surface area (Å²) in [5.41, 5.74) is 0. The summed E-state index contributed by atoms with van der Waals surface area (Å²) in [6.07, 6.45) is 4.55. The Morgan fingerprint density at radius 1 is 0.333 bits per heavy atom. The molecule has 6 rings (SSSR count). The first-order valence-corrected chi connectivity index (χ1v) is 18.5. The minimum atomic E-state index is -2.02. The Labute approximate surface area is 252 Å². The Balaban J connectivity index is 1.48. The fraction of sp³-hybridized carbons (Fsp3) is 0.0500. The van der Waals surface area contributed by atoms with Gasteiger partial charge in [0.25, 0.3) is 0 Å². The van der Waals surface area contributed by atoms with Crippen LogP contribution in [0.4, 0.5) is 0 Å². The van der Waals surface area contributed by atoms with Crippen LogP contribution in [0.5, 0.6) is 0 Å². The molecule has 0 nitrogen and oxygen atoms in total. The van der Waals surface area contributed by atoms with E-state index in [2.05, 4.69) is 194 Å². The largest absolute Gasteiger partial charge is 0.136 e. The van der Waals surface area contributed by atoms with Gasteiger partial charge in [-0.15, -0.1) is 0 Å². The monoisotopic (exact) mass is 578 g/mol. The van der Waals surface area contributed by atoms with E-state index in [9.17, 15) is 0 Å². The van der Waals surface area contributed by atoms with Crippen LogP contribution < -0.4 is 31.8 Å². The van der Waals surface area contributed by atoms with Gasteiger partial charge < -0.3 is 0 Å². The van der Waals surface area contributed by atoms with Crippen LogP contribution in [-0.4, -0.2) is 6.16 Å². The smallest absolute Gasteiger partial charge is 0.0620 e. The average molecular weight is 579 g/mol. The van der Waals surface area contributed by atoms with Crippen molar-refractivity contribution in [2.45, 2.75) is 6.42 Å². The molecule has 0 bridgehead atoms. The topological polar surface area (TPSA) is 0 Å². The van der Waals surface area contributed by atoms with E-state index in [1.165, 1.54) is 31.8 Å². The number of rotatable bonds is 10. The molecule has 0 radical (unpaired) electrons. The van der Waals surface area contributed by atoms with Crippen molar-refractivity contribution < 1.29 is 0 Å². The lowest BCUT2D eigenvalue weighted by Crippen LogP contribution is -2.33. The normalized spacial score (nSPS) is 11.9. The molecular weight excluding hydrogens is 542 g/mol. The number of hydrogen-bond acceptors (Lipinski definition) is 0. The maximum atomic E-state index is 2.57. The first-order chi connectivity index (χ1) is 20.8. The third-order valence-electron chi connectivity index (χ3n) is 8.04. The Morgan fingerprint density at radius 2 is 0.595 bits per heavy atom. The molecule has 6 aromatic rings. The van der Waals surface area contributed by atoms with Crippen LogP contribution in [0.15, 0.2) is 194 Å². The highest BCUT2D eigenvalue weighted by Crippen LogP contribution is 2.58. The molecule has 0 spiro atoms. The summed E-state index contributed by atoms with van der Waals surface area (Å²) in [4.78, 5) is 0. The molecule has 0 heterocycles. The molecule has 204 valence electrons. The van der Waals surface area contributed by atoms with E-state index < -0.39 is 14.5 Å². The fourth-order valence-corrected chi connectivity index (χ4v) is 14.1. The molecule has 0 aromatic heterocycles. The van der Waals surface area contributed by atoms with Gasteiger partial charge in [-0.25, -0.2) is 0 Å². The van der Waals surface area contributed by atoms with Gasteiger partial charge in [0.1, 0.15) is 46.4 Å². The van der Waals surface area contributed by atoms with E-state index in [-0.39, 0.29) is 0 Å². The summed E-state index contributed by atoms with van der Waals surface area (Å²) in [5, 5.41) is 8.46. The van der Waals surface area contributed by atoms with E-state index in [1.807, 2.05) is 0 Å². The van der Waals surface area contributed by atoms with E-state index in [0.717, 1.165) is 12.6 Å². The molecule has 0 amide bonds. The maximum absolute atomic E-state index is 2.57. The highest BCUT2D eigenvalue weighted by atomic mass is 31.2. The number of benzene rings is 6. The Morgan fingerprint density at radius 3 is 0.881 bits per heavy atom. The zero-order valence-corrected chi connectivity index (χ0v) is 25.6. The second kappa shape index (κ2) is 13.3. The van der Waals surface area contributed by atoms with Gasteiger partial charge in [-0.1, -0.05) is 109 Å². The lowest BCUT2D eigenvalue weighted by Gasteiger charge is -2.27. The van der Waals surface area contributed by atoms with Crippen molar-refractivity contribution >= 4 is 46.4 Å². The van der Waals surface area contributed by atoms with Gasteiger partial charge in [-0.2, -0.15) is 0 Å². The van der Waals surface area contributed by atoms with Gasteiger partial charge in [0.15, 0.2) is 0 Å². The van der Waals surface area contributed by atoms with Gasteiger partial charge in [0, 0.05) is 6.42 Å². The molecule has 0 unspecified atom stereocenters. The third kappa shape index (κ3) is 5.54. The van der Waals surface area contributed by atoms with Crippen LogP contribution in [0, 0.1) is 0 Å². The van der Waals surface area contributed by atoms with Crippen molar-refractivity contribution in [1.29, 1.82) is 0 Å². The lowest BCUT2D eigenvalue weighted by atomic mass is 10.3. The fourth-order valence-electron chi connectivity index (χ4n) is 6.08. The van der Waals surface area contributed by atoms with Crippen LogP contribution in [0.3, 0.4) is 0 Å². The van der Waals surface area contributed by atoms with Gasteiger partial charge in [0.05, 0.1) is 12.0 Å². The highest BCUT2D eigenvalue weighted by Gasteiger charge is 2.46. The maximum Gasteiger partial charge on any atom is 0.136 e. The summed E-state index contributed by atoms with van der Waals surface area (Å²) in [6, 6.07) is 66.9. The number of allylic oxidation sites excluding steroid dienone is 1. The quantitative estimate of drug-likeness (QED) is 0.145. The molecule has 0 aliphatic carbocycles. The lowest BCUT2D eigenvalue weighted by molar-refractivity contribution is 1.23. The summed E-state index contributed by atoms with van der Waals surface area (Å²) >= 11 is 0. The first kappa shape index (κ1) is 28.1. The summed E-state index contributed by atoms with van der Waals surface area (Å²) in [6.45, 7) is 0. The van der Waals surface area contributed by atoms with Gasteiger partial charge in [-0.05, 0) is 78.9 Å². The standard InChI is InChI=1S/C40H36P2/c1-7-21-35(22-8-1)41(36-23-9-2-10-24-36,37-25-11-3-12-26-37)33-19-20-34-42(38-27-13-4-14-28-38,39-29-15-5-16-30-39)40-31-17-6-18-32-40/h1-19,21-33H,20,34H2/q+2. The van der Waals surface area contributed by atoms with Crippen molar-refractivity contribution in [1.82, 2.24) is 0 Å². The molecule has 0 fully saturated rings. The second-order valence-electron chi connectivity index (χ2n) is 10.4. The predicted molar refractivity (Wildman–Crippen MR) is 189 cm³/mol. The zero-order chi connectivity index (χ0) is 28.5. The summed E-state index contributed by atoms with van der Waals surface area (Å²) in [5.74, 6) is 2.57. The first-order valence-electron chi connectivity index (χ1n) is 14.6. The predicted octanol–water partition coefficient (Wildman–Crippen LogP) is 7.88. The minimum absolute atomic E-state index is 0.987. The van der Waals surface area contributed by atoms with Crippen molar-refractivity contribution in [3.63, 3.8) is 0 Å². The molecule has 6 aromatic carbocycles. The highest BCUT2D eigenvalue weighted by molar-refractivity contribution is 7.98. The van der Waals surface area contributed by atoms with Crippen molar-refractivity contribution in [2.24, 2.45) is 0 Å². The molecule has 42 heavy (non-hydrogen) atoms. The Hall–Kier alpha value is -4.08. The van der Waals surface area contributed by atoms with Crippen molar-refractivity contribution in [2.75, 3.05) is 6.16 Å². The van der Waals surface area contributed by atoms with Crippen LogP contribution in [0.1, 0.15) is 6.42 Å². The molecule has 0 aliphatic heterocycles. The Kier molecular flexibility index (Phi) is 8.86. The molecular formula is C40H36P2+2. The second-order valence-corrected chi connectivity index (χ2v) is 17.4. The van der Waals surface area contributed by atoms with E-state index in [0.29, 0.717) is 0 Å². The van der Waals surface area contributed by atoms with Crippen molar-refractivity contribution in [3.05, 3.63) is 194 Å². The van der Waals surface area contributed by atoms with Gasteiger partial charge in [-0.3, -0.25) is 0 Å². The van der Waals surface area contributed by atoms with E-state index in [4.69, 9.17) is 0 Å². The summed E-state index contributed by atoms with van der Waals surface area (Å²) in [7, 11) is -3.91. The van der Waals surface area contributed by atoms with Crippen molar-refractivity contribution in [3.8, 4) is 0 Å². The Bertz CT molecular complexity index is 1490. The molecule has 0 aliphatic rings.